The van der Waals surface area contributed by atoms with E-state index < -0.39 is 0 Å². The SMILES string of the molecule is CCN(Cc1nc(-c2ccccn2)no1)CC1CCCN1. The summed E-state index contributed by atoms with van der Waals surface area (Å²) in [7, 11) is 0. The molecule has 0 radical (unpaired) electrons. The van der Waals surface area contributed by atoms with Crippen LogP contribution in [0.1, 0.15) is 25.7 Å². The summed E-state index contributed by atoms with van der Waals surface area (Å²) in [4.78, 5) is 11.0. The molecule has 2 aromatic heterocycles. The maximum Gasteiger partial charge on any atom is 0.241 e. The van der Waals surface area contributed by atoms with Crippen LogP contribution in [-0.2, 0) is 6.54 Å². The summed E-state index contributed by atoms with van der Waals surface area (Å²) in [6, 6.07) is 6.26. The second kappa shape index (κ2) is 6.78. The maximum atomic E-state index is 5.35. The normalized spacial score (nSPS) is 18.5. The van der Waals surface area contributed by atoms with Gasteiger partial charge in [-0.05, 0) is 38.1 Å². The second-order valence-electron chi connectivity index (χ2n) is 5.35. The Labute approximate surface area is 124 Å². The van der Waals surface area contributed by atoms with Crippen molar-refractivity contribution in [1.29, 1.82) is 0 Å². The summed E-state index contributed by atoms with van der Waals surface area (Å²) in [5.74, 6) is 1.20. The van der Waals surface area contributed by atoms with Crippen LogP contribution in [0.5, 0.6) is 0 Å². The van der Waals surface area contributed by atoms with Crippen molar-refractivity contribution in [2.75, 3.05) is 19.6 Å². The molecule has 6 heteroatoms. The molecule has 0 saturated carbocycles. The van der Waals surface area contributed by atoms with Crippen LogP contribution in [0.3, 0.4) is 0 Å². The van der Waals surface area contributed by atoms with Crippen LogP contribution in [0.4, 0.5) is 0 Å². The van der Waals surface area contributed by atoms with Gasteiger partial charge in [-0.15, -0.1) is 0 Å². The van der Waals surface area contributed by atoms with Crippen molar-refractivity contribution < 1.29 is 4.52 Å². The lowest BCUT2D eigenvalue weighted by atomic mass is 10.2. The quantitative estimate of drug-likeness (QED) is 0.872. The third-order valence-electron chi connectivity index (χ3n) is 3.81. The van der Waals surface area contributed by atoms with E-state index in [1.807, 2.05) is 18.2 Å². The highest BCUT2D eigenvalue weighted by Gasteiger charge is 2.19. The minimum absolute atomic E-state index is 0.556. The van der Waals surface area contributed by atoms with Gasteiger partial charge in [0.05, 0.1) is 6.54 Å². The van der Waals surface area contributed by atoms with Crippen LogP contribution in [0, 0.1) is 0 Å². The molecule has 1 aliphatic rings. The highest BCUT2D eigenvalue weighted by Crippen LogP contribution is 2.14. The van der Waals surface area contributed by atoms with E-state index in [0.29, 0.717) is 24.3 Å². The summed E-state index contributed by atoms with van der Waals surface area (Å²) in [6.07, 6.45) is 4.25. The van der Waals surface area contributed by atoms with Crippen molar-refractivity contribution in [3.8, 4) is 11.5 Å². The van der Waals surface area contributed by atoms with Gasteiger partial charge in [0, 0.05) is 18.8 Å². The van der Waals surface area contributed by atoms with Gasteiger partial charge < -0.3 is 9.84 Å². The van der Waals surface area contributed by atoms with E-state index in [2.05, 4.69) is 32.3 Å². The lowest BCUT2D eigenvalue weighted by Crippen LogP contribution is -2.37. The van der Waals surface area contributed by atoms with Crippen molar-refractivity contribution >= 4 is 0 Å². The van der Waals surface area contributed by atoms with E-state index in [0.717, 1.165) is 25.3 Å². The summed E-state index contributed by atoms with van der Waals surface area (Å²) >= 11 is 0. The van der Waals surface area contributed by atoms with Crippen LogP contribution in [-0.4, -0.2) is 45.7 Å². The molecule has 6 nitrogen and oxygen atoms in total. The van der Waals surface area contributed by atoms with Gasteiger partial charge in [0.2, 0.25) is 11.7 Å². The van der Waals surface area contributed by atoms with Gasteiger partial charge in [-0.1, -0.05) is 18.1 Å². The molecule has 0 aromatic carbocycles. The molecule has 0 aliphatic carbocycles. The van der Waals surface area contributed by atoms with Crippen molar-refractivity contribution in [3.63, 3.8) is 0 Å². The van der Waals surface area contributed by atoms with E-state index in [4.69, 9.17) is 4.52 Å². The molecule has 1 saturated heterocycles. The molecule has 112 valence electrons. The van der Waals surface area contributed by atoms with E-state index in [-0.39, 0.29) is 0 Å². The first kappa shape index (κ1) is 14.2. The van der Waals surface area contributed by atoms with Gasteiger partial charge in [-0.25, -0.2) is 0 Å². The molecule has 1 unspecified atom stereocenters. The molecule has 0 bridgehead atoms. The lowest BCUT2D eigenvalue weighted by molar-refractivity contribution is 0.219. The molecule has 0 amide bonds. The molecule has 0 spiro atoms. The van der Waals surface area contributed by atoms with Crippen molar-refractivity contribution in [3.05, 3.63) is 30.3 Å². The molecule has 1 N–H and O–H groups in total. The molecule has 1 fully saturated rings. The number of hydrogen-bond acceptors (Lipinski definition) is 6. The first-order valence-corrected chi connectivity index (χ1v) is 7.55. The third-order valence-corrected chi connectivity index (χ3v) is 3.81. The zero-order valence-electron chi connectivity index (χ0n) is 12.3. The summed E-state index contributed by atoms with van der Waals surface area (Å²) in [5, 5.41) is 7.53. The number of nitrogens with zero attached hydrogens (tertiary/aromatic N) is 4. The fourth-order valence-electron chi connectivity index (χ4n) is 2.64. The van der Waals surface area contributed by atoms with Gasteiger partial charge in [0.25, 0.3) is 0 Å². The maximum absolute atomic E-state index is 5.35. The summed E-state index contributed by atoms with van der Waals surface area (Å²) in [6.45, 7) is 5.98. The number of likely N-dealkylation sites (N-methyl/N-ethyl adjacent to an activating group) is 1. The number of aromatic nitrogens is 3. The standard InChI is InChI=1S/C15H21N5O/c1-2-20(10-12-6-5-9-16-12)11-14-18-15(19-21-14)13-7-3-4-8-17-13/h3-4,7-8,12,16H,2,5-6,9-11H2,1H3. The fourth-order valence-corrected chi connectivity index (χ4v) is 2.64. The smallest absolute Gasteiger partial charge is 0.241 e. The third kappa shape index (κ3) is 3.65. The van der Waals surface area contributed by atoms with Crippen molar-refractivity contribution in [2.24, 2.45) is 0 Å². The zero-order valence-corrected chi connectivity index (χ0v) is 12.3. The Hall–Kier alpha value is -1.79. The Bertz CT molecular complexity index is 550. The lowest BCUT2D eigenvalue weighted by Gasteiger charge is -2.22. The average Bonchev–Trinajstić information content (AvgIpc) is 3.19. The monoisotopic (exact) mass is 287 g/mol. The topological polar surface area (TPSA) is 67.1 Å². The highest BCUT2D eigenvalue weighted by atomic mass is 16.5. The Kier molecular flexibility index (Phi) is 4.57. The van der Waals surface area contributed by atoms with Gasteiger partial charge >= 0.3 is 0 Å². The van der Waals surface area contributed by atoms with E-state index in [1.54, 1.807) is 6.20 Å². The molecule has 1 atom stereocenters. The first-order valence-electron chi connectivity index (χ1n) is 7.55. The van der Waals surface area contributed by atoms with Gasteiger partial charge in [-0.2, -0.15) is 4.98 Å². The van der Waals surface area contributed by atoms with Crippen LogP contribution in [0.2, 0.25) is 0 Å². The number of nitrogens with one attached hydrogen (secondary N) is 1. The van der Waals surface area contributed by atoms with Gasteiger partial charge in [-0.3, -0.25) is 9.88 Å². The Morgan fingerprint density at radius 1 is 1.43 bits per heavy atom. The van der Waals surface area contributed by atoms with Crippen LogP contribution >= 0.6 is 0 Å². The first-order chi connectivity index (χ1) is 10.3. The molecule has 2 aromatic rings. The van der Waals surface area contributed by atoms with E-state index in [9.17, 15) is 0 Å². The van der Waals surface area contributed by atoms with Gasteiger partial charge in [0.1, 0.15) is 5.69 Å². The molecular weight excluding hydrogens is 266 g/mol. The van der Waals surface area contributed by atoms with E-state index >= 15 is 0 Å². The minimum atomic E-state index is 0.556. The van der Waals surface area contributed by atoms with Crippen molar-refractivity contribution in [1.82, 2.24) is 25.3 Å². The van der Waals surface area contributed by atoms with Crippen LogP contribution in [0.15, 0.2) is 28.9 Å². The average molecular weight is 287 g/mol. The zero-order chi connectivity index (χ0) is 14.5. The fraction of sp³-hybridized carbons (Fsp3) is 0.533. The predicted octanol–water partition coefficient (Wildman–Crippen LogP) is 1.71. The van der Waals surface area contributed by atoms with Gasteiger partial charge in [0.15, 0.2) is 0 Å². The second-order valence-corrected chi connectivity index (χ2v) is 5.35. The molecule has 21 heavy (non-hydrogen) atoms. The molecule has 3 rings (SSSR count). The predicted molar refractivity (Wildman–Crippen MR) is 79.5 cm³/mol. The number of rotatable bonds is 6. The Morgan fingerprint density at radius 2 is 2.38 bits per heavy atom. The molecular formula is C15H21N5O. The van der Waals surface area contributed by atoms with Crippen LogP contribution in [0.25, 0.3) is 11.5 Å². The minimum Gasteiger partial charge on any atom is -0.337 e. The number of pyridine rings is 1. The largest absolute Gasteiger partial charge is 0.337 e. The Morgan fingerprint density at radius 3 is 3.10 bits per heavy atom. The van der Waals surface area contributed by atoms with E-state index in [1.165, 1.54) is 12.8 Å². The Balaban J connectivity index is 1.62. The summed E-state index contributed by atoms with van der Waals surface area (Å²) < 4.78 is 5.35. The number of hydrogen-bond donors (Lipinski definition) is 1. The highest BCUT2D eigenvalue weighted by molar-refractivity contribution is 5.46. The van der Waals surface area contributed by atoms with Crippen molar-refractivity contribution in [2.45, 2.75) is 32.4 Å². The molecule has 3 heterocycles. The molecule has 1 aliphatic heterocycles. The summed E-state index contributed by atoms with van der Waals surface area (Å²) in [5.41, 5.74) is 0.744. The van der Waals surface area contributed by atoms with Crippen LogP contribution < -0.4 is 5.32 Å².